The van der Waals surface area contributed by atoms with E-state index in [4.69, 9.17) is 4.74 Å². The quantitative estimate of drug-likeness (QED) is 0.750. The Hall–Kier alpha value is -1.75. The van der Waals surface area contributed by atoms with Crippen molar-refractivity contribution in [3.63, 3.8) is 0 Å². The minimum absolute atomic E-state index is 0.0789. The van der Waals surface area contributed by atoms with E-state index >= 15 is 0 Å². The van der Waals surface area contributed by atoms with Gasteiger partial charge in [-0.25, -0.2) is 4.79 Å². The number of aliphatic hydroxyl groups is 1. The number of rotatable bonds is 6. The molecule has 0 aliphatic carbocycles. The van der Waals surface area contributed by atoms with Crippen molar-refractivity contribution < 1.29 is 14.6 Å². The summed E-state index contributed by atoms with van der Waals surface area (Å²) in [5.41, 5.74) is 1.07. The number of carbonyl (C=O) groups excluding carboxylic acids is 1. The van der Waals surface area contributed by atoms with Gasteiger partial charge in [0.1, 0.15) is 5.75 Å². The largest absolute Gasteiger partial charge is 0.497 e. The Morgan fingerprint density at radius 3 is 2.50 bits per heavy atom. The van der Waals surface area contributed by atoms with Gasteiger partial charge in [0.2, 0.25) is 0 Å². The zero-order valence-corrected chi connectivity index (χ0v) is 12.6. The third kappa shape index (κ3) is 3.87. The third-order valence-electron chi connectivity index (χ3n) is 3.73. The Morgan fingerprint density at radius 2 is 2.00 bits per heavy atom. The van der Waals surface area contributed by atoms with Crippen molar-refractivity contribution >= 4 is 11.7 Å². The number of aliphatic hydroxyl groups excluding tert-OH is 1. The summed E-state index contributed by atoms with van der Waals surface area (Å²) in [7, 11) is 1.58. The van der Waals surface area contributed by atoms with Gasteiger partial charge >= 0.3 is 6.03 Å². The highest BCUT2D eigenvalue weighted by Crippen LogP contribution is 2.22. The fraction of sp³-hybridized carbons (Fsp3) is 0.533. The molecule has 0 radical (unpaired) electrons. The predicted molar refractivity (Wildman–Crippen MR) is 80.3 cm³/mol. The van der Waals surface area contributed by atoms with E-state index in [1.807, 2.05) is 32.9 Å². The third-order valence-corrected chi connectivity index (χ3v) is 3.73. The molecule has 5 nitrogen and oxygen atoms in total. The molecule has 112 valence electrons. The van der Waals surface area contributed by atoms with Gasteiger partial charge in [-0.3, -0.25) is 0 Å². The van der Waals surface area contributed by atoms with E-state index in [1.54, 1.807) is 13.2 Å². The SMILES string of the molecule is CCC(CC)(CO)NC(=O)Nc1cc(OC)ccc1C. The van der Waals surface area contributed by atoms with E-state index in [0.717, 1.165) is 5.56 Å². The molecule has 0 aliphatic heterocycles. The monoisotopic (exact) mass is 280 g/mol. The van der Waals surface area contributed by atoms with Gasteiger partial charge in [-0.15, -0.1) is 0 Å². The fourth-order valence-electron chi connectivity index (χ4n) is 1.95. The molecule has 0 atom stereocenters. The highest BCUT2D eigenvalue weighted by atomic mass is 16.5. The maximum atomic E-state index is 12.1. The lowest BCUT2D eigenvalue weighted by molar-refractivity contribution is 0.155. The van der Waals surface area contributed by atoms with E-state index in [9.17, 15) is 9.90 Å². The second kappa shape index (κ2) is 7.14. The first-order valence-electron chi connectivity index (χ1n) is 6.85. The number of amides is 2. The second-order valence-corrected chi connectivity index (χ2v) is 4.91. The van der Waals surface area contributed by atoms with Crippen LogP contribution in [0.3, 0.4) is 0 Å². The number of nitrogens with one attached hydrogen (secondary N) is 2. The lowest BCUT2D eigenvalue weighted by Crippen LogP contribution is -2.52. The average Bonchev–Trinajstić information content (AvgIpc) is 2.47. The zero-order valence-electron chi connectivity index (χ0n) is 12.6. The van der Waals surface area contributed by atoms with Crippen molar-refractivity contribution in [3.8, 4) is 5.75 Å². The summed E-state index contributed by atoms with van der Waals surface area (Å²) in [6.07, 6.45) is 1.34. The Balaban J connectivity index is 2.80. The van der Waals surface area contributed by atoms with Crippen LogP contribution in [-0.2, 0) is 0 Å². The van der Waals surface area contributed by atoms with Crippen LogP contribution in [0.1, 0.15) is 32.3 Å². The minimum Gasteiger partial charge on any atom is -0.497 e. The number of methoxy groups -OCH3 is 1. The van der Waals surface area contributed by atoms with E-state index in [1.165, 1.54) is 0 Å². The van der Waals surface area contributed by atoms with E-state index in [-0.39, 0.29) is 12.6 Å². The number of benzene rings is 1. The molecule has 0 spiro atoms. The topological polar surface area (TPSA) is 70.6 Å². The summed E-state index contributed by atoms with van der Waals surface area (Å²) in [4.78, 5) is 12.1. The molecular formula is C15H24N2O3. The summed E-state index contributed by atoms with van der Waals surface area (Å²) in [6.45, 7) is 5.71. The van der Waals surface area contributed by atoms with Crippen LogP contribution in [0.4, 0.5) is 10.5 Å². The molecule has 5 heteroatoms. The first-order valence-corrected chi connectivity index (χ1v) is 6.85. The van der Waals surface area contributed by atoms with Crippen LogP contribution in [-0.4, -0.2) is 30.4 Å². The van der Waals surface area contributed by atoms with Gasteiger partial charge in [0.15, 0.2) is 0 Å². The molecule has 0 saturated heterocycles. The van der Waals surface area contributed by atoms with Crippen molar-refractivity contribution in [2.45, 2.75) is 39.2 Å². The molecule has 0 aromatic heterocycles. The van der Waals surface area contributed by atoms with Gasteiger partial charge in [-0.05, 0) is 31.4 Å². The van der Waals surface area contributed by atoms with Crippen LogP contribution in [0.15, 0.2) is 18.2 Å². The number of hydrogen-bond donors (Lipinski definition) is 3. The number of aryl methyl sites for hydroxylation is 1. The van der Waals surface area contributed by atoms with Crippen LogP contribution in [0.2, 0.25) is 0 Å². The van der Waals surface area contributed by atoms with E-state index in [2.05, 4.69) is 10.6 Å². The van der Waals surface area contributed by atoms with E-state index < -0.39 is 5.54 Å². The van der Waals surface area contributed by atoms with E-state index in [0.29, 0.717) is 24.3 Å². The average molecular weight is 280 g/mol. The van der Waals surface area contributed by atoms with Crippen LogP contribution >= 0.6 is 0 Å². The zero-order chi connectivity index (χ0) is 15.2. The number of ether oxygens (including phenoxy) is 1. The summed E-state index contributed by atoms with van der Waals surface area (Å²) >= 11 is 0. The van der Waals surface area contributed by atoms with Crippen molar-refractivity contribution in [3.05, 3.63) is 23.8 Å². The molecule has 1 aromatic carbocycles. The fourth-order valence-corrected chi connectivity index (χ4v) is 1.95. The number of carbonyl (C=O) groups is 1. The molecular weight excluding hydrogens is 256 g/mol. The molecule has 0 heterocycles. The number of hydrogen-bond acceptors (Lipinski definition) is 3. The number of urea groups is 1. The smallest absolute Gasteiger partial charge is 0.319 e. The molecule has 0 unspecified atom stereocenters. The summed E-state index contributed by atoms with van der Waals surface area (Å²) in [6, 6.07) is 5.18. The lowest BCUT2D eigenvalue weighted by Gasteiger charge is -2.30. The van der Waals surface area contributed by atoms with Gasteiger partial charge < -0.3 is 20.5 Å². The molecule has 20 heavy (non-hydrogen) atoms. The molecule has 1 aromatic rings. The maximum absolute atomic E-state index is 12.1. The second-order valence-electron chi connectivity index (χ2n) is 4.91. The van der Waals surface area contributed by atoms with Gasteiger partial charge in [0.05, 0.1) is 19.3 Å². The molecule has 0 bridgehead atoms. The Morgan fingerprint density at radius 1 is 1.35 bits per heavy atom. The van der Waals surface area contributed by atoms with Crippen molar-refractivity contribution in [1.29, 1.82) is 0 Å². The highest BCUT2D eigenvalue weighted by Gasteiger charge is 2.27. The summed E-state index contributed by atoms with van der Waals surface area (Å²) in [5, 5.41) is 15.1. The lowest BCUT2D eigenvalue weighted by atomic mass is 9.94. The van der Waals surface area contributed by atoms with Gasteiger partial charge in [0, 0.05) is 11.8 Å². The van der Waals surface area contributed by atoms with Crippen molar-refractivity contribution in [2.24, 2.45) is 0 Å². The number of anilines is 1. The van der Waals surface area contributed by atoms with Gasteiger partial charge in [-0.2, -0.15) is 0 Å². The van der Waals surface area contributed by atoms with Crippen LogP contribution in [0.25, 0.3) is 0 Å². The van der Waals surface area contributed by atoms with Crippen molar-refractivity contribution in [2.75, 3.05) is 19.0 Å². The van der Waals surface area contributed by atoms with Crippen LogP contribution < -0.4 is 15.4 Å². The van der Waals surface area contributed by atoms with Gasteiger partial charge in [0.25, 0.3) is 0 Å². The van der Waals surface area contributed by atoms with Gasteiger partial charge in [-0.1, -0.05) is 19.9 Å². The van der Waals surface area contributed by atoms with Crippen LogP contribution in [0, 0.1) is 6.92 Å². The summed E-state index contributed by atoms with van der Waals surface area (Å²) in [5.74, 6) is 0.685. The molecule has 1 rings (SSSR count). The first-order chi connectivity index (χ1) is 9.50. The molecule has 2 amide bonds. The maximum Gasteiger partial charge on any atom is 0.319 e. The van der Waals surface area contributed by atoms with Crippen molar-refractivity contribution in [1.82, 2.24) is 5.32 Å². The molecule has 3 N–H and O–H groups in total. The molecule has 0 fully saturated rings. The summed E-state index contributed by atoms with van der Waals surface area (Å²) < 4.78 is 5.14. The normalized spacial score (nSPS) is 11.1. The Bertz CT molecular complexity index is 448. The Kier molecular flexibility index (Phi) is 5.82. The van der Waals surface area contributed by atoms with Crippen LogP contribution in [0.5, 0.6) is 5.75 Å². The highest BCUT2D eigenvalue weighted by molar-refractivity contribution is 5.90. The Labute approximate surface area is 120 Å². The molecule has 0 aliphatic rings. The molecule has 0 saturated carbocycles. The standard InChI is InChI=1S/C15H24N2O3/c1-5-15(6-2,10-18)17-14(19)16-13-9-12(20-4)8-7-11(13)3/h7-9,18H,5-6,10H2,1-4H3,(H2,16,17,19). The minimum atomic E-state index is -0.573. The predicted octanol–water partition coefficient (Wildman–Crippen LogP) is 2.68. The first kappa shape index (κ1) is 16.3.